The van der Waals surface area contributed by atoms with Crippen LogP contribution in [0, 0.1) is 0 Å². The number of carbonyl (C=O) groups is 1. The number of pyridine rings is 1. The molecule has 2 aromatic heterocycles. The molecule has 1 aromatic carbocycles. The van der Waals surface area contributed by atoms with Gasteiger partial charge in [-0.2, -0.15) is 0 Å². The molecule has 5 nitrogen and oxygen atoms in total. The number of benzene rings is 1. The molecule has 0 unspecified atom stereocenters. The van der Waals surface area contributed by atoms with Gasteiger partial charge in [0.05, 0.1) is 5.41 Å². The van der Waals surface area contributed by atoms with Crippen molar-refractivity contribution in [3.8, 4) is 0 Å². The minimum atomic E-state index is -0.293. The Morgan fingerprint density at radius 2 is 1.89 bits per heavy atom. The van der Waals surface area contributed by atoms with Crippen LogP contribution < -0.4 is 0 Å². The maximum absolute atomic E-state index is 13.3. The third-order valence-corrected chi connectivity index (χ3v) is 6.52. The topological polar surface area (TPSA) is 50.5 Å². The lowest BCUT2D eigenvalue weighted by Gasteiger charge is -2.34. The molecule has 0 atom stereocenters. The molecular weight excluding hydrogens is 404 g/mol. The number of amides is 1. The average molecular weight is 425 g/mol. The fourth-order valence-corrected chi connectivity index (χ4v) is 4.72. The van der Waals surface area contributed by atoms with Crippen LogP contribution in [-0.4, -0.2) is 38.5 Å². The van der Waals surface area contributed by atoms with Crippen LogP contribution in [0.3, 0.4) is 0 Å². The Morgan fingerprint density at radius 3 is 2.63 bits per heavy atom. The molecule has 1 aliphatic carbocycles. The number of fused-ring (bicyclic) bond motifs is 1. The summed E-state index contributed by atoms with van der Waals surface area (Å²) in [7, 11) is 0. The van der Waals surface area contributed by atoms with Gasteiger partial charge in [-0.15, -0.1) is 10.2 Å². The smallest absolute Gasteiger partial charge is 0.233 e. The first-order valence-electron chi connectivity index (χ1n) is 9.52. The molecule has 1 saturated carbocycles. The van der Waals surface area contributed by atoms with Crippen LogP contribution in [-0.2, 0) is 10.2 Å². The van der Waals surface area contributed by atoms with Crippen molar-refractivity contribution in [2.45, 2.75) is 37.0 Å². The third-order valence-electron chi connectivity index (χ3n) is 6.02. The summed E-state index contributed by atoms with van der Waals surface area (Å²) in [6.45, 7) is 1.59. The van der Waals surface area contributed by atoms with E-state index in [-0.39, 0.29) is 5.41 Å². The van der Waals surface area contributed by atoms with Gasteiger partial charge in [-0.05, 0) is 55.5 Å². The van der Waals surface area contributed by atoms with E-state index < -0.39 is 0 Å². The zero-order valence-electron chi connectivity index (χ0n) is 15.0. The number of carbonyl (C=O) groups excluding carboxylic acids is 1. The number of rotatable bonds is 3. The molecular formula is C21H21BrN4O. The summed E-state index contributed by atoms with van der Waals surface area (Å²) >= 11 is 3.54. The van der Waals surface area contributed by atoms with Crippen molar-refractivity contribution in [3.05, 3.63) is 64.5 Å². The van der Waals surface area contributed by atoms with E-state index in [0.29, 0.717) is 11.8 Å². The van der Waals surface area contributed by atoms with Crippen LogP contribution >= 0.6 is 15.9 Å². The van der Waals surface area contributed by atoms with Crippen LogP contribution in [0.1, 0.15) is 43.0 Å². The molecule has 3 aromatic rings. The van der Waals surface area contributed by atoms with E-state index in [1.54, 1.807) is 0 Å². The molecule has 0 spiro atoms. The summed E-state index contributed by atoms with van der Waals surface area (Å²) in [5.41, 5.74) is 1.74. The SMILES string of the molecule is O=C(N1CCC(c2nnc3ccccn23)CC1)C1(c2cccc(Br)c2)CC1. The molecule has 0 bridgehead atoms. The van der Waals surface area contributed by atoms with Gasteiger partial charge in [-0.1, -0.05) is 34.1 Å². The molecule has 5 rings (SSSR count). The standard InChI is InChI=1S/C21H21BrN4O/c22-17-5-3-4-16(14-17)21(9-10-21)20(27)25-12-7-15(8-13-25)19-24-23-18-6-1-2-11-26(18)19/h1-6,11,14-15H,7-10,12-13H2. The minimum Gasteiger partial charge on any atom is -0.342 e. The number of nitrogens with zero attached hydrogens (tertiary/aromatic N) is 4. The number of likely N-dealkylation sites (tertiary alicyclic amines) is 1. The summed E-state index contributed by atoms with van der Waals surface area (Å²) in [4.78, 5) is 15.3. The lowest BCUT2D eigenvalue weighted by Crippen LogP contribution is -2.43. The van der Waals surface area contributed by atoms with Crippen LogP contribution in [0.25, 0.3) is 5.65 Å². The highest BCUT2D eigenvalue weighted by molar-refractivity contribution is 9.10. The second kappa shape index (κ2) is 6.44. The van der Waals surface area contributed by atoms with E-state index in [9.17, 15) is 4.79 Å². The monoisotopic (exact) mass is 424 g/mol. The highest BCUT2D eigenvalue weighted by Gasteiger charge is 2.53. The van der Waals surface area contributed by atoms with E-state index in [2.05, 4.69) is 47.6 Å². The Balaban J connectivity index is 1.31. The van der Waals surface area contributed by atoms with Crippen LogP contribution in [0.15, 0.2) is 53.1 Å². The van der Waals surface area contributed by atoms with Crippen molar-refractivity contribution in [1.82, 2.24) is 19.5 Å². The Morgan fingerprint density at radius 1 is 1.07 bits per heavy atom. The van der Waals surface area contributed by atoms with Gasteiger partial charge in [0, 0.05) is 29.7 Å². The lowest BCUT2D eigenvalue weighted by molar-refractivity contribution is -0.135. The maximum atomic E-state index is 13.3. The number of hydrogen-bond acceptors (Lipinski definition) is 3. The van der Waals surface area contributed by atoms with Gasteiger partial charge in [-0.3, -0.25) is 9.20 Å². The summed E-state index contributed by atoms with van der Waals surface area (Å²) in [5, 5.41) is 8.68. The molecule has 2 aliphatic rings. The number of halogens is 1. The largest absolute Gasteiger partial charge is 0.342 e. The van der Waals surface area contributed by atoms with Crippen molar-refractivity contribution >= 4 is 27.5 Å². The van der Waals surface area contributed by atoms with Gasteiger partial charge in [0.2, 0.25) is 5.91 Å². The van der Waals surface area contributed by atoms with Gasteiger partial charge in [0.15, 0.2) is 5.65 Å². The van der Waals surface area contributed by atoms with Crippen LogP contribution in [0.2, 0.25) is 0 Å². The van der Waals surface area contributed by atoms with E-state index in [1.165, 1.54) is 0 Å². The van der Waals surface area contributed by atoms with Crippen molar-refractivity contribution in [1.29, 1.82) is 0 Å². The van der Waals surface area contributed by atoms with E-state index >= 15 is 0 Å². The molecule has 0 N–H and O–H groups in total. The van der Waals surface area contributed by atoms with Gasteiger partial charge >= 0.3 is 0 Å². The van der Waals surface area contributed by atoms with E-state index in [0.717, 1.165) is 60.3 Å². The zero-order chi connectivity index (χ0) is 18.4. The summed E-state index contributed by atoms with van der Waals surface area (Å²) in [6.07, 6.45) is 5.81. The maximum Gasteiger partial charge on any atom is 0.233 e. The van der Waals surface area contributed by atoms with Crippen molar-refractivity contribution in [2.24, 2.45) is 0 Å². The highest BCUT2D eigenvalue weighted by Crippen LogP contribution is 2.50. The fourth-order valence-electron chi connectivity index (χ4n) is 4.32. The molecule has 2 fully saturated rings. The summed E-state index contributed by atoms with van der Waals surface area (Å²) in [6, 6.07) is 14.2. The Kier molecular flexibility index (Phi) is 4.04. The molecule has 1 saturated heterocycles. The highest BCUT2D eigenvalue weighted by atomic mass is 79.9. The normalized spacial score (nSPS) is 19.4. The first kappa shape index (κ1) is 16.9. The lowest BCUT2D eigenvalue weighted by atomic mass is 9.91. The molecule has 27 heavy (non-hydrogen) atoms. The van der Waals surface area contributed by atoms with Crippen LogP contribution in [0.5, 0.6) is 0 Å². The van der Waals surface area contributed by atoms with Gasteiger partial charge in [0.25, 0.3) is 0 Å². The zero-order valence-corrected chi connectivity index (χ0v) is 16.6. The van der Waals surface area contributed by atoms with Crippen molar-refractivity contribution < 1.29 is 4.79 Å². The van der Waals surface area contributed by atoms with Crippen LogP contribution in [0.4, 0.5) is 0 Å². The van der Waals surface area contributed by atoms with Gasteiger partial charge in [-0.25, -0.2) is 0 Å². The first-order valence-corrected chi connectivity index (χ1v) is 10.3. The second-order valence-electron chi connectivity index (χ2n) is 7.65. The summed E-state index contributed by atoms with van der Waals surface area (Å²) in [5.74, 6) is 1.67. The van der Waals surface area contributed by atoms with Gasteiger partial charge in [0.1, 0.15) is 5.82 Å². The minimum absolute atomic E-state index is 0.293. The summed E-state index contributed by atoms with van der Waals surface area (Å²) < 4.78 is 3.11. The molecule has 1 amide bonds. The number of piperidine rings is 1. The number of aromatic nitrogens is 3. The molecule has 1 aliphatic heterocycles. The average Bonchev–Trinajstić information content (AvgIpc) is 3.41. The van der Waals surface area contributed by atoms with Crippen molar-refractivity contribution in [2.75, 3.05) is 13.1 Å². The number of hydrogen-bond donors (Lipinski definition) is 0. The Labute approximate surface area is 166 Å². The van der Waals surface area contributed by atoms with Gasteiger partial charge < -0.3 is 4.90 Å². The molecule has 0 radical (unpaired) electrons. The first-order chi connectivity index (χ1) is 13.2. The fraction of sp³-hybridized carbons (Fsp3) is 0.381. The second-order valence-corrected chi connectivity index (χ2v) is 8.56. The predicted octanol–water partition coefficient (Wildman–Crippen LogP) is 3.93. The predicted molar refractivity (Wildman–Crippen MR) is 107 cm³/mol. The van der Waals surface area contributed by atoms with E-state index in [4.69, 9.17) is 0 Å². The third kappa shape index (κ3) is 2.87. The van der Waals surface area contributed by atoms with E-state index in [1.807, 2.05) is 36.5 Å². The Hall–Kier alpha value is -2.21. The molecule has 6 heteroatoms. The quantitative estimate of drug-likeness (QED) is 0.639. The molecule has 138 valence electrons. The molecule has 3 heterocycles. The Bertz CT molecular complexity index is 1000. The van der Waals surface area contributed by atoms with Crippen molar-refractivity contribution in [3.63, 3.8) is 0 Å².